The fraction of sp³-hybridized carbons (Fsp3) is 0.500. The molecule has 0 saturated heterocycles. The first-order chi connectivity index (χ1) is 10.2. The molecule has 1 amide bonds. The van der Waals surface area contributed by atoms with Crippen LogP contribution in [0.15, 0.2) is 28.6 Å². The predicted octanol–water partition coefficient (Wildman–Crippen LogP) is 4.23. The van der Waals surface area contributed by atoms with Crippen LogP contribution in [0.5, 0.6) is 0 Å². The van der Waals surface area contributed by atoms with Crippen molar-refractivity contribution < 1.29 is 4.79 Å². The van der Waals surface area contributed by atoms with E-state index in [1.54, 1.807) is 23.1 Å². The zero-order valence-corrected chi connectivity index (χ0v) is 13.8. The normalized spacial score (nSPS) is 17.8. The number of amides is 1. The minimum absolute atomic E-state index is 0.0903. The summed E-state index contributed by atoms with van der Waals surface area (Å²) < 4.78 is 2.15. The highest BCUT2D eigenvalue weighted by Gasteiger charge is 2.21. The van der Waals surface area contributed by atoms with Crippen molar-refractivity contribution in [3.05, 3.63) is 24.3 Å². The third-order valence-corrected chi connectivity index (χ3v) is 6.10. The molecule has 1 saturated carbocycles. The number of para-hydroxylation sites is 1. The molecule has 1 fully saturated rings. The van der Waals surface area contributed by atoms with Crippen LogP contribution in [0.4, 0.5) is 0 Å². The van der Waals surface area contributed by atoms with E-state index in [0.717, 1.165) is 22.7 Å². The monoisotopic (exact) mass is 320 g/mol. The van der Waals surface area contributed by atoms with E-state index in [-0.39, 0.29) is 11.2 Å². The standard InChI is InChI=1S/C16H20N2OS2/c1-11(15(19)17-12-7-3-2-4-8-12)20-16-18-13-9-5-6-10-14(13)21-16/h5-6,9-12H,2-4,7-8H2,1H3,(H,17,19)/t11-/m1/s1. The molecule has 1 aromatic carbocycles. The number of fused-ring (bicyclic) bond motifs is 1. The Morgan fingerprint density at radius 1 is 1.33 bits per heavy atom. The Labute approximate surface area is 133 Å². The number of rotatable bonds is 4. The van der Waals surface area contributed by atoms with E-state index < -0.39 is 0 Å². The van der Waals surface area contributed by atoms with Gasteiger partial charge in [-0.2, -0.15) is 0 Å². The Hall–Kier alpha value is -1.07. The number of carbonyl (C=O) groups is 1. The van der Waals surface area contributed by atoms with Gasteiger partial charge in [-0.15, -0.1) is 11.3 Å². The lowest BCUT2D eigenvalue weighted by Gasteiger charge is -2.24. The Morgan fingerprint density at radius 3 is 2.86 bits per heavy atom. The fourth-order valence-corrected chi connectivity index (χ4v) is 4.89. The van der Waals surface area contributed by atoms with Crippen molar-refractivity contribution in [1.82, 2.24) is 10.3 Å². The average molecular weight is 320 g/mol. The van der Waals surface area contributed by atoms with Crippen molar-refractivity contribution in [2.75, 3.05) is 0 Å². The van der Waals surface area contributed by atoms with Crippen LogP contribution in [0, 0.1) is 0 Å². The molecule has 112 valence electrons. The Kier molecular flexibility index (Phi) is 4.80. The summed E-state index contributed by atoms with van der Waals surface area (Å²) in [7, 11) is 0. The highest BCUT2D eigenvalue weighted by Crippen LogP contribution is 2.32. The topological polar surface area (TPSA) is 42.0 Å². The van der Waals surface area contributed by atoms with Crippen LogP contribution in [-0.4, -0.2) is 22.2 Å². The number of benzene rings is 1. The van der Waals surface area contributed by atoms with Crippen molar-refractivity contribution >= 4 is 39.2 Å². The third-order valence-electron chi connectivity index (χ3n) is 3.87. The van der Waals surface area contributed by atoms with Gasteiger partial charge >= 0.3 is 0 Å². The van der Waals surface area contributed by atoms with Gasteiger partial charge < -0.3 is 5.32 Å². The first kappa shape index (κ1) is 14.9. The number of carbonyl (C=O) groups excluding carboxylic acids is 1. The van der Waals surface area contributed by atoms with E-state index in [4.69, 9.17) is 0 Å². The second-order valence-electron chi connectivity index (χ2n) is 5.55. The minimum Gasteiger partial charge on any atom is -0.352 e. The smallest absolute Gasteiger partial charge is 0.233 e. The lowest BCUT2D eigenvalue weighted by molar-refractivity contribution is -0.121. The van der Waals surface area contributed by atoms with Gasteiger partial charge in [-0.05, 0) is 31.9 Å². The number of hydrogen-bond acceptors (Lipinski definition) is 4. The molecule has 0 radical (unpaired) electrons. The second-order valence-corrected chi connectivity index (χ2v) is 8.17. The molecule has 0 unspecified atom stereocenters. The molecule has 0 spiro atoms. The maximum absolute atomic E-state index is 12.3. The fourth-order valence-electron chi connectivity index (χ4n) is 2.67. The number of nitrogens with one attached hydrogen (secondary N) is 1. The average Bonchev–Trinajstić information content (AvgIpc) is 2.90. The molecule has 0 aliphatic heterocycles. The first-order valence-corrected chi connectivity index (χ1v) is 9.24. The SMILES string of the molecule is C[C@@H](Sc1nc2ccccc2s1)C(=O)NC1CCCCC1. The van der Waals surface area contributed by atoms with E-state index in [0.29, 0.717) is 6.04 Å². The zero-order valence-electron chi connectivity index (χ0n) is 12.2. The summed E-state index contributed by atoms with van der Waals surface area (Å²) >= 11 is 3.22. The van der Waals surface area contributed by atoms with Gasteiger partial charge in [0, 0.05) is 6.04 Å². The van der Waals surface area contributed by atoms with Crippen LogP contribution in [0.3, 0.4) is 0 Å². The molecular weight excluding hydrogens is 300 g/mol. The maximum Gasteiger partial charge on any atom is 0.233 e. The summed E-state index contributed by atoms with van der Waals surface area (Å²) in [5, 5.41) is 3.10. The van der Waals surface area contributed by atoms with Gasteiger partial charge in [0.2, 0.25) is 5.91 Å². The number of nitrogens with zero attached hydrogens (tertiary/aromatic N) is 1. The minimum atomic E-state index is -0.0903. The zero-order chi connectivity index (χ0) is 14.7. The van der Waals surface area contributed by atoms with E-state index in [1.807, 2.05) is 25.1 Å². The third kappa shape index (κ3) is 3.77. The first-order valence-electron chi connectivity index (χ1n) is 7.55. The summed E-state index contributed by atoms with van der Waals surface area (Å²) in [6, 6.07) is 8.49. The number of aromatic nitrogens is 1. The van der Waals surface area contributed by atoms with Gasteiger partial charge in [0.05, 0.1) is 15.5 Å². The van der Waals surface area contributed by atoms with Gasteiger partial charge in [-0.25, -0.2) is 4.98 Å². The van der Waals surface area contributed by atoms with E-state index >= 15 is 0 Å². The summed E-state index contributed by atoms with van der Waals surface area (Å²) in [5.41, 5.74) is 1.02. The van der Waals surface area contributed by atoms with Gasteiger partial charge in [0.15, 0.2) is 4.34 Å². The lowest BCUT2D eigenvalue weighted by Crippen LogP contribution is -2.40. The number of thioether (sulfide) groups is 1. The Morgan fingerprint density at radius 2 is 2.10 bits per heavy atom. The Bertz CT molecular complexity index is 587. The summed E-state index contributed by atoms with van der Waals surface area (Å²) in [6.07, 6.45) is 6.05. The van der Waals surface area contributed by atoms with Gasteiger partial charge in [0.1, 0.15) is 0 Å². The van der Waals surface area contributed by atoms with Crippen molar-refractivity contribution in [3.63, 3.8) is 0 Å². The molecule has 1 aliphatic rings. The van der Waals surface area contributed by atoms with E-state index in [1.165, 1.54) is 24.0 Å². The van der Waals surface area contributed by atoms with Crippen molar-refractivity contribution in [2.45, 2.75) is 54.7 Å². The molecule has 1 N–H and O–H groups in total. The highest BCUT2D eigenvalue weighted by atomic mass is 32.2. The van der Waals surface area contributed by atoms with Gasteiger partial charge in [-0.3, -0.25) is 4.79 Å². The molecule has 1 aliphatic carbocycles. The van der Waals surface area contributed by atoms with Crippen molar-refractivity contribution in [1.29, 1.82) is 0 Å². The van der Waals surface area contributed by atoms with E-state index in [9.17, 15) is 4.79 Å². The lowest BCUT2D eigenvalue weighted by atomic mass is 9.95. The molecular formula is C16H20N2OS2. The van der Waals surface area contributed by atoms with Crippen LogP contribution in [0.1, 0.15) is 39.0 Å². The van der Waals surface area contributed by atoms with Gasteiger partial charge in [-0.1, -0.05) is 43.2 Å². The molecule has 2 aromatic rings. The summed E-state index contributed by atoms with van der Waals surface area (Å²) in [5.74, 6) is 0.145. The number of hydrogen-bond donors (Lipinski definition) is 1. The van der Waals surface area contributed by atoms with Crippen molar-refractivity contribution in [2.24, 2.45) is 0 Å². The highest BCUT2D eigenvalue weighted by molar-refractivity contribution is 8.02. The molecule has 1 heterocycles. The second kappa shape index (κ2) is 6.79. The predicted molar refractivity (Wildman–Crippen MR) is 90.0 cm³/mol. The number of thiazole rings is 1. The molecule has 21 heavy (non-hydrogen) atoms. The molecule has 0 bridgehead atoms. The van der Waals surface area contributed by atoms with Crippen molar-refractivity contribution in [3.8, 4) is 0 Å². The van der Waals surface area contributed by atoms with Gasteiger partial charge in [0.25, 0.3) is 0 Å². The van der Waals surface area contributed by atoms with Crippen LogP contribution in [0.25, 0.3) is 10.2 Å². The summed E-state index contributed by atoms with van der Waals surface area (Å²) in [4.78, 5) is 16.9. The van der Waals surface area contributed by atoms with Crippen LogP contribution < -0.4 is 5.32 Å². The maximum atomic E-state index is 12.3. The molecule has 5 heteroatoms. The van der Waals surface area contributed by atoms with Crippen LogP contribution in [0.2, 0.25) is 0 Å². The molecule has 1 atom stereocenters. The Balaban J connectivity index is 1.59. The van der Waals surface area contributed by atoms with Crippen LogP contribution in [-0.2, 0) is 4.79 Å². The molecule has 1 aromatic heterocycles. The van der Waals surface area contributed by atoms with E-state index in [2.05, 4.69) is 16.4 Å². The van der Waals surface area contributed by atoms with Crippen LogP contribution >= 0.6 is 23.1 Å². The summed E-state index contributed by atoms with van der Waals surface area (Å²) in [6.45, 7) is 1.97. The largest absolute Gasteiger partial charge is 0.352 e. The molecule has 3 rings (SSSR count). The quantitative estimate of drug-likeness (QED) is 0.857. The molecule has 3 nitrogen and oxygen atoms in total.